The van der Waals surface area contributed by atoms with Gasteiger partial charge in [0.05, 0.1) is 6.61 Å². The maximum atomic E-state index is 11.3. The van der Waals surface area contributed by atoms with Crippen LogP contribution in [-0.2, 0) is 19.0 Å². The second-order valence-corrected chi connectivity index (χ2v) is 4.23. The molecule has 5 heteroatoms. The van der Waals surface area contributed by atoms with Gasteiger partial charge >= 0.3 is 5.97 Å². The molecule has 1 N–H and O–H groups in total. The molecule has 0 bridgehead atoms. The van der Waals surface area contributed by atoms with Crippen molar-refractivity contribution in [2.45, 2.75) is 45.7 Å². The molecule has 0 aromatic carbocycles. The van der Waals surface area contributed by atoms with Crippen LogP contribution in [0.15, 0.2) is 23.8 Å². The van der Waals surface area contributed by atoms with Crippen LogP contribution in [0.2, 0.25) is 0 Å². The quantitative estimate of drug-likeness (QED) is 0.451. The minimum atomic E-state index is -0.885. The van der Waals surface area contributed by atoms with Gasteiger partial charge in [-0.25, -0.2) is 4.79 Å². The summed E-state index contributed by atoms with van der Waals surface area (Å²) in [6, 6.07) is 0. The number of aliphatic hydroxyl groups excluding tert-OH is 1. The summed E-state index contributed by atoms with van der Waals surface area (Å²) in [7, 11) is 0. The summed E-state index contributed by atoms with van der Waals surface area (Å²) >= 11 is 0. The lowest BCUT2D eigenvalue weighted by Crippen LogP contribution is -2.35. The fourth-order valence-electron chi connectivity index (χ4n) is 1.79. The highest BCUT2D eigenvalue weighted by Crippen LogP contribution is 2.19. The van der Waals surface area contributed by atoms with Crippen LogP contribution in [0.4, 0.5) is 0 Å². The Kier molecular flexibility index (Phi) is 6.77. The molecule has 5 nitrogen and oxygen atoms in total. The first-order chi connectivity index (χ1) is 9.08. The molecule has 1 rings (SSSR count). The monoisotopic (exact) mass is 270 g/mol. The fraction of sp³-hybridized carbons (Fsp3) is 0.643. The lowest BCUT2D eigenvalue weighted by molar-refractivity contribution is -0.176. The van der Waals surface area contributed by atoms with Gasteiger partial charge in [-0.3, -0.25) is 0 Å². The Morgan fingerprint density at radius 1 is 1.53 bits per heavy atom. The second-order valence-electron chi connectivity index (χ2n) is 4.23. The van der Waals surface area contributed by atoms with E-state index in [0.717, 1.165) is 0 Å². The van der Waals surface area contributed by atoms with Crippen molar-refractivity contribution in [2.75, 3.05) is 13.2 Å². The van der Waals surface area contributed by atoms with Gasteiger partial charge < -0.3 is 19.3 Å². The SMILES string of the molecule is CCOC(=O)/C=C(\C)[C@@H](O)[C@H]1C=CC[C@@H](OCC)O1. The predicted octanol–water partition coefficient (Wildman–Crippen LogP) is 1.56. The average Bonchev–Trinajstić information content (AvgIpc) is 2.38. The minimum absolute atomic E-state index is 0.310. The van der Waals surface area contributed by atoms with Crippen LogP contribution in [-0.4, -0.2) is 42.8 Å². The van der Waals surface area contributed by atoms with Crippen LogP contribution in [0.25, 0.3) is 0 Å². The van der Waals surface area contributed by atoms with E-state index in [2.05, 4.69) is 0 Å². The van der Waals surface area contributed by atoms with E-state index in [9.17, 15) is 9.90 Å². The van der Waals surface area contributed by atoms with Gasteiger partial charge in [0.15, 0.2) is 6.29 Å². The molecule has 3 atom stereocenters. The molecule has 0 amide bonds. The van der Waals surface area contributed by atoms with E-state index in [0.29, 0.717) is 25.2 Å². The number of aliphatic hydroxyl groups is 1. The molecule has 0 saturated heterocycles. The van der Waals surface area contributed by atoms with Crippen molar-refractivity contribution in [3.8, 4) is 0 Å². The molecular weight excluding hydrogens is 248 g/mol. The molecule has 0 spiro atoms. The van der Waals surface area contributed by atoms with Crippen molar-refractivity contribution in [3.63, 3.8) is 0 Å². The van der Waals surface area contributed by atoms with Crippen molar-refractivity contribution >= 4 is 5.97 Å². The minimum Gasteiger partial charge on any atom is -0.463 e. The van der Waals surface area contributed by atoms with Crippen molar-refractivity contribution < 1.29 is 24.1 Å². The maximum absolute atomic E-state index is 11.3. The van der Waals surface area contributed by atoms with Gasteiger partial charge in [0.25, 0.3) is 0 Å². The molecule has 0 aliphatic carbocycles. The van der Waals surface area contributed by atoms with E-state index in [1.54, 1.807) is 19.9 Å². The molecule has 0 aromatic heterocycles. The third-order valence-corrected chi connectivity index (χ3v) is 2.73. The average molecular weight is 270 g/mol. The molecule has 1 aliphatic rings. The zero-order valence-corrected chi connectivity index (χ0v) is 11.7. The Balaban J connectivity index is 2.61. The van der Waals surface area contributed by atoms with E-state index in [-0.39, 0.29) is 6.29 Å². The fourth-order valence-corrected chi connectivity index (χ4v) is 1.79. The van der Waals surface area contributed by atoms with Crippen LogP contribution in [0, 0.1) is 0 Å². The molecular formula is C14H22O5. The summed E-state index contributed by atoms with van der Waals surface area (Å²) < 4.78 is 15.8. The molecule has 0 saturated carbocycles. The van der Waals surface area contributed by atoms with Crippen molar-refractivity contribution in [1.29, 1.82) is 0 Å². The van der Waals surface area contributed by atoms with Gasteiger partial charge in [-0.2, -0.15) is 0 Å². The molecule has 1 heterocycles. The topological polar surface area (TPSA) is 65.0 Å². The summed E-state index contributed by atoms with van der Waals surface area (Å²) in [4.78, 5) is 11.3. The van der Waals surface area contributed by atoms with Crippen LogP contribution >= 0.6 is 0 Å². The normalized spacial score (nSPS) is 25.2. The lowest BCUT2D eigenvalue weighted by Gasteiger charge is -2.29. The Labute approximate surface area is 113 Å². The van der Waals surface area contributed by atoms with E-state index in [1.807, 2.05) is 13.0 Å². The molecule has 0 unspecified atom stereocenters. The van der Waals surface area contributed by atoms with Gasteiger partial charge in [0.2, 0.25) is 0 Å². The summed E-state index contributed by atoms with van der Waals surface area (Å²) in [6.45, 7) is 6.16. The number of esters is 1. The maximum Gasteiger partial charge on any atom is 0.330 e. The van der Waals surface area contributed by atoms with Crippen LogP contribution in [0.1, 0.15) is 27.2 Å². The van der Waals surface area contributed by atoms with Gasteiger partial charge in [-0.1, -0.05) is 12.2 Å². The van der Waals surface area contributed by atoms with E-state index < -0.39 is 18.2 Å². The lowest BCUT2D eigenvalue weighted by atomic mass is 10.0. The largest absolute Gasteiger partial charge is 0.463 e. The smallest absolute Gasteiger partial charge is 0.330 e. The Morgan fingerprint density at radius 3 is 2.89 bits per heavy atom. The summed E-state index contributed by atoms with van der Waals surface area (Å²) in [6.07, 6.45) is 3.91. The molecule has 0 aromatic rings. The molecule has 0 fully saturated rings. The number of rotatable bonds is 6. The highest BCUT2D eigenvalue weighted by Gasteiger charge is 2.26. The first-order valence-electron chi connectivity index (χ1n) is 6.55. The predicted molar refractivity (Wildman–Crippen MR) is 70.4 cm³/mol. The first-order valence-corrected chi connectivity index (χ1v) is 6.55. The van der Waals surface area contributed by atoms with Crippen molar-refractivity contribution in [1.82, 2.24) is 0 Å². The molecule has 0 radical (unpaired) electrons. The Bertz CT molecular complexity index is 348. The summed E-state index contributed by atoms with van der Waals surface area (Å²) in [5, 5.41) is 10.1. The molecule has 108 valence electrons. The zero-order chi connectivity index (χ0) is 14.3. The molecule has 1 aliphatic heterocycles. The van der Waals surface area contributed by atoms with E-state index >= 15 is 0 Å². The summed E-state index contributed by atoms with van der Waals surface area (Å²) in [5.41, 5.74) is 0.505. The number of hydrogen-bond acceptors (Lipinski definition) is 5. The van der Waals surface area contributed by atoms with Crippen molar-refractivity contribution in [2.24, 2.45) is 0 Å². The second kappa shape index (κ2) is 8.09. The Hall–Kier alpha value is -1.17. The number of carbonyl (C=O) groups is 1. The van der Waals surface area contributed by atoms with Crippen LogP contribution < -0.4 is 0 Å². The molecule has 19 heavy (non-hydrogen) atoms. The Morgan fingerprint density at radius 2 is 2.26 bits per heavy atom. The summed E-state index contributed by atoms with van der Waals surface area (Å²) in [5.74, 6) is -0.458. The van der Waals surface area contributed by atoms with Crippen molar-refractivity contribution in [3.05, 3.63) is 23.8 Å². The third-order valence-electron chi connectivity index (χ3n) is 2.73. The van der Waals surface area contributed by atoms with Gasteiger partial charge in [0, 0.05) is 19.1 Å². The zero-order valence-electron chi connectivity index (χ0n) is 11.7. The third kappa shape index (κ3) is 5.14. The van der Waals surface area contributed by atoms with Gasteiger partial charge in [0.1, 0.15) is 12.2 Å². The number of carbonyl (C=O) groups excluding carboxylic acids is 1. The van der Waals surface area contributed by atoms with Crippen LogP contribution in [0.3, 0.4) is 0 Å². The van der Waals surface area contributed by atoms with E-state index in [1.165, 1.54) is 6.08 Å². The first kappa shape index (κ1) is 15.9. The van der Waals surface area contributed by atoms with E-state index in [4.69, 9.17) is 14.2 Å². The van der Waals surface area contributed by atoms with Crippen LogP contribution in [0.5, 0.6) is 0 Å². The van der Waals surface area contributed by atoms with Gasteiger partial charge in [-0.05, 0) is 26.3 Å². The number of hydrogen-bond donors (Lipinski definition) is 1. The highest BCUT2D eigenvalue weighted by molar-refractivity contribution is 5.82. The standard InChI is InChI=1S/C14H22O5/c1-4-17-12(15)9-10(3)14(16)11-7-6-8-13(19-11)18-5-2/h6-7,9,11,13-14,16H,4-5,8H2,1-3H3/b10-9+/t11-,13+,14-/m1/s1. The number of ether oxygens (including phenoxy) is 3. The highest BCUT2D eigenvalue weighted by atomic mass is 16.7. The van der Waals surface area contributed by atoms with Gasteiger partial charge in [-0.15, -0.1) is 0 Å².